The number of carbonyl (C=O) groups excluding carboxylic acids is 1. The fourth-order valence-electron chi connectivity index (χ4n) is 1.81. The van der Waals surface area contributed by atoms with Crippen LogP contribution in [0.25, 0.3) is 0 Å². The minimum atomic E-state index is -1.04. The van der Waals surface area contributed by atoms with Crippen LogP contribution in [0, 0.1) is 5.92 Å². The van der Waals surface area contributed by atoms with E-state index in [1.807, 2.05) is 0 Å². The molecule has 6 nitrogen and oxygen atoms in total. The monoisotopic (exact) mass is 292 g/mol. The fourth-order valence-corrected chi connectivity index (χ4v) is 1.81. The van der Waals surface area contributed by atoms with Crippen molar-refractivity contribution >= 4 is 17.9 Å². The molecule has 1 aliphatic rings. The van der Waals surface area contributed by atoms with Crippen molar-refractivity contribution in [1.29, 1.82) is 0 Å². The summed E-state index contributed by atoms with van der Waals surface area (Å²) in [5.41, 5.74) is -0.491. The molecular weight excluding hydrogens is 272 g/mol. The number of pyridine rings is 1. The van der Waals surface area contributed by atoms with Crippen LogP contribution in [-0.2, 0) is 4.74 Å². The Hall–Kier alpha value is -2.11. The highest BCUT2D eigenvalue weighted by Crippen LogP contribution is 2.31. The van der Waals surface area contributed by atoms with Gasteiger partial charge in [-0.05, 0) is 51.7 Å². The highest BCUT2D eigenvalue weighted by molar-refractivity contribution is 5.89. The van der Waals surface area contributed by atoms with Crippen LogP contribution in [0.3, 0.4) is 0 Å². The Morgan fingerprint density at radius 1 is 1.38 bits per heavy atom. The molecule has 0 atom stereocenters. The third kappa shape index (κ3) is 4.44. The van der Waals surface area contributed by atoms with Crippen LogP contribution in [0.1, 0.15) is 44.0 Å². The van der Waals surface area contributed by atoms with Gasteiger partial charge in [0.2, 0.25) is 0 Å². The zero-order valence-electron chi connectivity index (χ0n) is 12.5. The number of ether oxygens (including phenoxy) is 1. The van der Waals surface area contributed by atoms with Gasteiger partial charge in [-0.15, -0.1) is 0 Å². The molecule has 0 radical (unpaired) electrons. The van der Waals surface area contributed by atoms with E-state index >= 15 is 0 Å². The molecule has 21 heavy (non-hydrogen) atoms. The second-order valence-corrected chi connectivity index (χ2v) is 6.24. The number of hydrogen-bond acceptors (Lipinski definition) is 4. The minimum Gasteiger partial charge on any atom is -0.478 e. The molecule has 1 heterocycles. The van der Waals surface area contributed by atoms with E-state index in [9.17, 15) is 9.59 Å². The van der Waals surface area contributed by atoms with Gasteiger partial charge in [-0.25, -0.2) is 14.6 Å². The van der Waals surface area contributed by atoms with Gasteiger partial charge in [0.05, 0.1) is 5.56 Å². The number of rotatable bonds is 4. The van der Waals surface area contributed by atoms with Crippen molar-refractivity contribution < 1.29 is 19.4 Å². The quantitative estimate of drug-likeness (QED) is 0.923. The van der Waals surface area contributed by atoms with Crippen molar-refractivity contribution in [2.75, 3.05) is 11.4 Å². The molecule has 0 saturated heterocycles. The number of carbonyl (C=O) groups is 2. The topological polar surface area (TPSA) is 79.7 Å². The third-order valence-electron chi connectivity index (χ3n) is 3.02. The van der Waals surface area contributed by atoms with E-state index in [2.05, 4.69) is 4.98 Å². The molecule has 1 aliphatic carbocycles. The maximum atomic E-state index is 12.3. The zero-order valence-corrected chi connectivity index (χ0v) is 12.5. The van der Waals surface area contributed by atoms with Gasteiger partial charge >= 0.3 is 12.1 Å². The van der Waals surface area contributed by atoms with Gasteiger partial charge in [-0.1, -0.05) is 0 Å². The molecule has 0 aliphatic heterocycles. The first-order valence-electron chi connectivity index (χ1n) is 6.96. The lowest BCUT2D eigenvalue weighted by atomic mass is 10.2. The van der Waals surface area contributed by atoms with Crippen molar-refractivity contribution in [3.05, 3.63) is 23.9 Å². The van der Waals surface area contributed by atoms with E-state index < -0.39 is 17.7 Å². The van der Waals surface area contributed by atoms with Crippen LogP contribution in [0.2, 0.25) is 0 Å². The zero-order chi connectivity index (χ0) is 15.6. The molecule has 2 rings (SSSR count). The summed E-state index contributed by atoms with van der Waals surface area (Å²) in [6.07, 6.45) is 2.98. The lowest BCUT2D eigenvalue weighted by Crippen LogP contribution is -2.38. The molecule has 6 heteroatoms. The predicted octanol–water partition coefficient (Wildman–Crippen LogP) is 2.93. The SMILES string of the molecule is CC(C)(C)OC(=O)N(CC1CC1)c1ccc(C(=O)O)cn1. The first-order valence-corrected chi connectivity index (χ1v) is 6.96. The number of nitrogens with zero attached hydrogens (tertiary/aromatic N) is 2. The number of anilines is 1. The average Bonchev–Trinajstić information content (AvgIpc) is 3.18. The molecule has 0 unspecified atom stereocenters. The van der Waals surface area contributed by atoms with Crippen LogP contribution in [0.4, 0.5) is 10.6 Å². The normalized spacial score (nSPS) is 14.6. The Balaban J connectivity index is 2.18. The van der Waals surface area contributed by atoms with Crippen molar-refractivity contribution in [2.45, 2.75) is 39.2 Å². The number of aromatic carboxylic acids is 1. The van der Waals surface area contributed by atoms with E-state index in [1.54, 1.807) is 20.8 Å². The summed E-state index contributed by atoms with van der Waals surface area (Å²) in [4.78, 5) is 28.7. The number of amides is 1. The van der Waals surface area contributed by atoms with Gasteiger partial charge in [-0.2, -0.15) is 0 Å². The molecule has 0 aromatic carbocycles. The van der Waals surface area contributed by atoms with Gasteiger partial charge in [0.1, 0.15) is 11.4 Å². The van der Waals surface area contributed by atoms with Gasteiger partial charge in [-0.3, -0.25) is 4.90 Å². The van der Waals surface area contributed by atoms with Gasteiger partial charge in [0, 0.05) is 12.7 Å². The van der Waals surface area contributed by atoms with Crippen LogP contribution >= 0.6 is 0 Å². The first kappa shape index (κ1) is 15.3. The fraction of sp³-hybridized carbons (Fsp3) is 0.533. The lowest BCUT2D eigenvalue weighted by Gasteiger charge is -2.26. The standard InChI is InChI=1S/C15H20N2O4/c1-15(2,3)21-14(20)17(9-10-4-5-10)12-7-6-11(8-16-12)13(18)19/h6-8,10H,4-5,9H2,1-3H3,(H,18,19). The van der Waals surface area contributed by atoms with Gasteiger partial charge in [0.15, 0.2) is 0 Å². The minimum absolute atomic E-state index is 0.0920. The Kier molecular flexibility index (Phi) is 4.16. The maximum Gasteiger partial charge on any atom is 0.416 e. The van der Waals surface area contributed by atoms with Crippen LogP contribution in [0.15, 0.2) is 18.3 Å². The van der Waals surface area contributed by atoms with E-state index in [-0.39, 0.29) is 5.56 Å². The molecule has 0 bridgehead atoms. The average molecular weight is 292 g/mol. The smallest absolute Gasteiger partial charge is 0.416 e. The first-order chi connectivity index (χ1) is 9.76. The van der Waals surface area contributed by atoms with Crippen LogP contribution < -0.4 is 4.90 Å². The van der Waals surface area contributed by atoms with Gasteiger partial charge in [0.25, 0.3) is 0 Å². The molecule has 114 valence electrons. The largest absolute Gasteiger partial charge is 0.478 e. The number of hydrogen-bond donors (Lipinski definition) is 1. The van der Waals surface area contributed by atoms with E-state index in [0.717, 1.165) is 12.8 Å². The van der Waals surface area contributed by atoms with E-state index in [4.69, 9.17) is 9.84 Å². The second-order valence-electron chi connectivity index (χ2n) is 6.24. The highest BCUT2D eigenvalue weighted by Gasteiger charge is 2.31. The Labute approximate surface area is 123 Å². The molecule has 1 aromatic heterocycles. The van der Waals surface area contributed by atoms with E-state index in [1.165, 1.54) is 23.2 Å². The van der Waals surface area contributed by atoms with Crippen molar-refractivity contribution in [3.63, 3.8) is 0 Å². The summed E-state index contributed by atoms with van der Waals surface area (Å²) in [6.45, 7) is 5.97. The second kappa shape index (κ2) is 5.71. The van der Waals surface area contributed by atoms with E-state index in [0.29, 0.717) is 18.3 Å². The van der Waals surface area contributed by atoms with Crippen molar-refractivity contribution in [2.24, 2.45) is 5.92 Å². The molecule has 1 fully saturated rings. The Morgan fingerprint density at radius 3 is 2.48 bits per heavy atom. The summed E-state index contributed by atoms with van der Waals surface area (Å²) in [5, 5.41) is 8.89. The predicted molar refractivity (Wildman–Crippen MR) is 77.5 cm³/mol. The number of aromatic nitrogens is 1. The summed E-state index contributed by atoms with van der Waals surface area (Å²) in [6, 6.07) is 2.98. The molecule has 1 aromatic rings. The summed E-state index contributed by atoms with van der Waals surface area (Å²) >= 11 is 0. The Bertz CT molecular complexity index is 530. The molecule has 1 saturated carbocycles. The molecule has 0 spiro atoms. The molecular formula is C15H20N2O4. The maximum absolute atomic E-state index is 12.3. The summed E-state index contributed by atoms with van der Waals surface area (Å²) < 4.78 is 5.39. The number of carboxylic acids is 1. The lowest BCUT2D eigenvalue weighted by molar-refractivity contribution is 0.0577. The van der Waals surface area contributed by atoms with Crippen LogP contribution in [-0.4, -0.2) is 34.3 Å². The summed E-state index contributed by atoms with van der Waals surface area (Å²) in [5.74, 6) is -0.153. The number of carboxylic acid groups (broad SMARTS) is 1. The third-order valence-corrected chi connectivity index (χ3v) is 3.02. The Morgan fingerprint density at radius 2 is 2.05 bits per heavy atom. The summed E-state index contributed by atoms with van der Waals surface area (Å²) in [7, 11) is 0. The van der Waals surface area contributed by atoms with Gasteiger partial charge < -0.3 is 9.84 Å². The van der Waals surface area contributed by atoms with Crippen LogP contribution in [0.5, 0.6) is 0 Å². The highest BCUT2D eigenvalue weighted by atomic mass is 16.6. The van der Waals surface area contributed by atoms with Crippen molar-refractivity contribution in [3.8, 4) is 0 Å². The molecule has 1 amide bonds. The van der Waals surface area contributed by atoms with Crippen molar-refractivity contribution in [1.82, 2.24) is 4.98 Å². The molecule has 1 N–H and O–H groups in total.